The number of hydrogen-bond donors (Lipinski definition) is 3. The van der Waals surface area contributed by atoms with Crippen molar-refractivity contribution in [3.63, 3.8) is 0 Å². The molecule has 1 aliphatic rings. The molecule has 24 heavy (non-hydrogen) atoms. The van der Waals surface area contributed by atoms with E-state index in [2.05, 4.69) is 22.5 Å². The number of carbonyl (C=O) groups excluding carboxylic acids is 1. The molecule has 5 heteroatoms. The number of phenols is 1. The van der Waals surface area contributed by atoms with Crippen LogP contribution in [-0.2, 0) is 6.42 Å². The summed E-state index contributed by atoms with van der Waals surface area (Å²) in [6.45, 7) is 5.81. The molecule has 2 rings (SSSR count). The number of amides is 2. The van der Waals surface area contributed by atoms with E-state index in [1.165, 1.54) is 32.1 Å². The minimum absolute atomic E-state index is 0.101. The van der Waals surface area contributed by atoms with E-state index in [-0.39, 0.29) is 11.8 Å². The van der Waals surface area contributed by atoms with E-state index < -0.39 is 0 Å². The highest BCUT2D eigenvalue weighted by Crippen LogP contribution is 2.17. The van der Waals surface area contributed by atoms with Gasteiger partial charge < -0.3 is 15.7 Å². The van der Waals surface area contributed by atoms with Crippen LogP contribution in [-0.4, -0.2) is 48.3 Å². The van der Waals surface area contributed by atoms with Gasteiger partial charge in [-0.1, -0.05) is 31.9 Å². The second kappa shape index (κ2) is 10.2. The maximum Gasteiger partial charge on any atom is 0.314 e. The number of hydrogen-bond acceptors (Lipinski definition) is 3. The molecule has 1 aromatic rings. The van der Waals surface area contributed by atoms with E-state index in [0.717, 1.165) is 25.2 Å². The molecule has 3 N–H and O–H groups in total. The molecule has 134 valence electrons. The lowest BCUT2D eigenvalue weighted by Crippen LogP contribution is -2.49. The molecule has 1 aliphatic heterocycles. The molecule has 0 spiro atoms. The first kappa shape index (κ1) is 18.6. The van der Waals surface area contributed by atoms with E-state index in [1.54, 1.807) is 12.1 Å². The molecule has 1 atom stereocenters. The van der Waals surface area contributed by atoms with Crippen molar-refractivity contribution < 1.29 is 9.90 Å². The van der Waals surface area contributed by atoms with Crippen LogP contribution in [0.4, 0.5) is 4.79 Å². The summed E-state index contributed by atoms with van der Waals surface area (Å²) in [5.41, 5.74) is 1.02. The zero-order valence-electron chi connectivity index (χ0n) is 14.8. The van der Waals surface area contributed by atoms with Crippen molar-refractivity contribution in [3.8, 4) is 5.75 Å². The van der Waals surface area contributed by atoms with Gasteiger partial charge in [-0.3, -0.25) is 4.90 Å². The van der Waals surface area contributed by atoms with Gasteiger partial charge in [0.15, 0.2) is 0 Å². The standard InChI is InChI=1S/C19H31N3O2/c1-2-3-12-22-13-5-4-8-17(22)15-21-19(24)20-11-10-16-7-6-9-18(23)14-16/h6-7,9,14,17,23H,2-5,8,10-13,15H2,1H3,(H2,20,21,24). The summed E-state index contributed by atoms with van der Waals surface area (Å²) in [6, 6.07) is 7.52. The molecule has 0 aromatic heterocycles. The Hall–Kier alpha value is -1.75. The van der Waals surface area contributed by atoms with Gasteiger partial charge in [0.2, 0.25) is 0 Å². The van der Waals surface area contributed by atoms with Crippen molar-refractivity contribution in [2.75, 3.05) is 26.2 Å². The monoisotopic (exact) mass is 333 g/mol. The third-order valence-corrected chi connectivity index (χ3v) is 4.66. The van der Waals surface area contributed by atoms with Crippen LogP contribution in [0.25, 0.3) is 0 Å². The molecule has 0 radical (unpaired) electrons. The Morgan fingerprint density at radius 1 is 1.33 bits per heavy atom. The molecule has 1 heterocycles. The fourth-order valence-electron chi connectivity index (χ4n) is 3.25. The van der Waals surface area contributed by atoms with Crippen molar-refractivity contribution in [2.45, 2.75) is 51.5 Å². The van der Waals surface area contributed by atoms with Crippen molar-refractivity contribution in [1.29, 1.82) is 0 Å². The second-order valence-corrected chi connectivity index (χ2v) is 6.60. The van der Waals surface area contributed by atoms with Gasteiger partial charge >= 0.3 is 6.03 Å². The van der Waals surface area contributed by atoms with Crippen LogP contribution in [0.2, 0.25) is 0 Å². The Balaban J connectivity index is 1.66. The lowest BCUT2D eigenvalue weighted by atomic mass is 10.0. The normalized spacial score (nSPS) is 18.3. The molecule has 1 unspecified atom stereocenters. The molecule has 0 aliphatic carbocycles. The van der Waals surface area contributed by atoms with Crippen LogP contribution in [0.1, 0.15) is 44.6 Å². The fourth-order valence-corrected chi connectivity index (χ4v) is 3.25. The molecule has 0 saturated carbocycles. The zero-order chi connectivity index (χ0) is 17.2. The lowest BCUT2D eigenvalue weighted by Gasteiger charge is -2.35. The minimum Gasteiger partial charge on any atom is -0.508 e. The number of carbonyl (C=O) groups is 1. The summed E-state index contributed by atoms with van der Waals surface area (Å²) >= 11 is 0. The number of aromatic hydroxyl groups is 1. The Morgan fingerprint density at radius 2 is 2.21 bits per heavy atom. The van der Waals surface area contributed by atoms with Gasteiger partial charge in [-0.05, 0) is 56.5 Å². The van der Waals surface area contributed by atoms with Crippen molar-refractivity contribution in [1.82, 2.24) is 15.5 Å². The van der Waals surface area contributed by atoms with Gasteiger partial charge in [-0.15, -0.1) is 0 Å². The van der Waals surface area contributed by atoms with Gasteiger partial charge in [0.25, 0.3) is 0 Å². The van der Waals surface area contributed by atoms with Crippen LogP contribution in [0.3, 0.4) is 0 Å². The zero-order valence-corrected chi connectivity index (χ0v) is 14.8. The fraction of sp³-hybridized carbons (Fsp3) is 0.632. The maximum absolute atomic E-state index is 12.0. The number of nitrogens with zero attached hydrogens (tertiary/aromatic N) is 1. The van der Waals surface area contributed by atoms with Crippen LogP contribution >= 0.6 is 0 Å². The number of urea groups is 1. The second-order valence-electron chi connectivity index (χ2n) is 6.60. The predicted molar refractivity (Wildman–Crippen MR) is 97.3 cm³/mol. The van der Waals surface area contributed by atoms with Gasteiger partial charge in [0.05, 0.1) is 0 Å². The molecule has 1 fully saturated rings. The third-order valence-electron chi connectivity index (χ3n) is 4.66. The van der Waals surface area contributed by atoms with Crippen LogP contribution in [0.5, 0.6) is 5.75 Å². The van der Waals surface area contributed by atoms with Gasteiger partial charge in [-0.25, -0.2) is 4.79 Å². The SMILES string of the molecule is CCCCN1CCCCC1CNC(=O)NCCc1cccc(O)c1. The molecule has 2 amide bonds. The van der Waals surface area contributed by atoms with Crippen LogP contribution in [0, 0.1) is 0 Å². The van der Waals surface area contributed by atoms with Crippen molar-refractivity contribution in [3.05, 3.63) is 29.8 Å². The van der Waals surface area contributed by atoms with E-state index in [1.807, 2.05) is 12.1 Å². The number of benzene rings is 1. The minimum atomic E-state index is -0.101. The Labute approximate surface area is 145 Å². The highest BCUT2D eigenvalue weighted by atomic mass is 16.3. The summed E-state index contributed by atoms with van der Waals surface area (Å²) in [4.78, 5) is 14.5. The summed E-state index contributed by atoms with van der Waals surface area (Å²) in [5.74, 6) is 0.265. The number of piperidine rings is 1. The highest BCUT2D eigenvalue weighted by molar-refractivity contribution is 5.73. The summed E-state index contributed by atoms with van der Waals surface area (Å²) in [6.07, 6.45) is 6.87. The largest absolute Gasteiger partial charge is 0.508 e. The van der Waals surface area contributed by atoms with Crippen LogP contribution in [0.15, 0.2) is 24.3 Å². The van der Waals surface area contributed by atoms with E-state index in [9.17, 15) is 9.90 Å². The van der Waals surface area contributed by atoms with Crippen molar-refractivity contribution in [2.24, 2.45) is 0 Å². The number of nitrogens with one attached hydrogen (secondary N) is 2. The van der Waals surface area contributed by atoms with Gasteiger partial charge in [0, 0.05) is 19.1 Å². The van der Waals surface area contributed by atoms with Crippen molar-refractivity contribution >= 4 is 6.03 Å². The number of phenolic OH excluding ortho intramolecular Hbond substituents is 1. The van der Waals surface area contributed by atoms with Gasteiger partial charge in [-0.2, -0.15) is 0 Å². The number of rotatable bonds is 8. The summed E-state index contributed by atoms with van der Waals surface area (Å²) < 4.78 is 0. The Morgan fingerprint density at radius 3 is 3.00 bits per heavy atom. The third kappa shape index (κ3) is 6.40. The van der Waals surface area contributed by atoms with Crippen LogP contribution < -0.4 is 10.6 Å². The number of unbranched alkanes of at least 4 members (excludes halogenated alkanes) is 1. The quantitative estimate of drug-likeness (QED) is 0.685. The predicted octanol–water partition coefficient (Wildman–Crippen LogP) is 2.89. The molecule has 5 nitrogen and oxygen atoms in total. The van der Waals surface area contributed by atoms with E-state index in [4.69, 9.17) is 0 Å². The Bertz CT molecular complexity index is 507. The summed E-state index contributed by atoms with van der Waals surface area (Å²) in [5, 5.41) is 15.3. The highest BCUT2D eigenvalue weighted by Gasteiger charge is 2.21. The molecule has 1 aromatic carbocycles. The first-order chi connectivity index (χ1) is 11.7. The first-order valence-electron chi connectivity index (χ1n) is 9.22. The van der Waals surface area contributed by atoms with E-state index >= 15 is 0 Å². The molecular weight excluding hydrogens is 302 g/mol. The topological polar surface area (TPSA) is 64.6 Å². The number of likely N-dealkylation sites (tertiary alicyclic amines) is 1. The van der Waals surface area contributed by atoms with E-state index in [0.29, 0.717) is 19.0 Å². The molecular formula is C19H31N3O2. The smallest absolute Gasteiger partial charge is 0.314 e. The molecule has 0 bridgehead atoms. The lowest BCUT2D eigenvalue weighted by molar-refractivity contribution is 0.144. The first-order valence-corrected chi connectivity index (χ1v) is 9.22. The average Bonchev–Trinajstić information content (AvgIpc) is 2.59. The maximum atomic E-state index is 12.0. The average molecular weight is 333 g/mol. The Kier molecular flexibility index (Phi) is 7.89. The molecule has 1 saturated heterocycles. The van der Waals surface area contributed by atoms with Gasteiger partial charge in [0.1, 0.15) is 5.75 Å². The summed E-state index contributed by atoms with van der Waals surface area (Å²) in [7, 11) is 0.